The predicted molar refractivity (Wildman–Crippen MR) is 88.8 cm³/mol. The number of hydrogen-bond donors (Lipinski definition) is 3. The van der Waals surface area contributed by atoms with Crippen LogP contribution in [0.2, 0.25) is 0 Å². The molecule has 0 saturated carbocycles. The third kappa shape index (κ3) is 4.39. The van der Waals surface area contributed by atoms with Crippen LogP contribution in [0.1, 0.15) is 25.7 Å². The fraction of sp³-hybridized carbons (Fsp3) is 0.857. The average molecular weight is 409 g/mol. The molecule has 0 aromatic heterocycles. The maximum Gasteiger partial charge on any atom is 0.477 e. The normalized spacial score (nSPS) is 34.0. The average Bonchev–Trinajstić information content (AvgIpc) is 2.80. The molecule has 13 heteroatoms. The zero-order chi connectivity index (χ0) is 19.7. The summed E-state index contributed by atoms with van der Waals surface area (Å²) in [5.41, 5.74) is 5.44. The van der Waals surface area contributed by atoms with E-state index in [0.29, 0.717) is 11.5 Å². The summed E-state index contributed by atoms with van der Waals surface area (Å²) in [4.78, 5) is 30.4. The SMILES string of the molecule is NC(=O)[C@@H]1CC[C@@H]2C[N+]1(OCCOC1CCCNC1)C(=O)N2OS(=O)(=O)O. The van der Waals surface area contributed by atoms with Crippen molar-refractivity contribution >= 4 is 22.3 Å². The van der Waals surface area contributed by atoms with Crippen LogP contribution in [0.15, 0.2) is 0 Å². The van der Waals surface area contributed by atoms with Gasteiger partial charge in [-0.05, 0) is 25.8 Å². The van der Waals surface area contributed by atoms with Crippen LogP contribution in [0, 0.1) is 0 Å². The molecule has 3 amide bonds. The fourth-order valence-corrected chi connectivity index (χ4v) is 4.32. The molecule has 3 aliphatic rings. The van der Waals surface area contributed by atoms with Gasteiger partial charge in [0.15, 0.2) is 0 Å². The number of ether oxygens (including phenoxy) is 1. The van der Waals surface area contributed by atoms with Crippen LogP contribution >= 0.6 is 0 Å². The van der Waals surface area contributed by atoms with Gasteiger partial charge in [-0.25, -0.2) is 4.79 Å². The molecule has 0 aromatic rings. The molecule has 2 bridgehead atoms. The number of carbonyl (C=O) groups excluding carboxylic acids is 2. The summed E-state index contributed by atoms with van der Waals surface area (Å²) in [5.74, 6) is -0.729. The monoisotopic (exact) mass is 409 g/mol. The second kappa shape index (κ2) is 7.95. The zero-order valence-electron chi connectivity index (χ0n) is 14.8. The molecule has 3 aliphatic heterocycles. The van der Waals surface area contributed by atoms with Crippen molar-refractivity contribution in [1.82, 2.24) is 10.4 Å². The molecule has 154 valence electrons. The van der Waals surface area contributed by atoms with Crippen LogP contribution in [0.3, 0.4) is 0 Å². The molecule has 0 aromatic carbocycles. The van der Waals surface area contributed by atoms with E-state index in [-0.39, 0.29) is 32.3 Å². The van der Waals surface area contributed by atoms with Crippen LogP contribution in [0.25, 0.3) is 0 Å². The van der Waals surface area contributed by atoms with Crippen molar-refractivity contribution < 1.29 is 41.1 Å². The first-order chi connectivity index (χ1) is 12.7. The van der Waals surface area contributed by atoms with E-state index in [2.05, 4.69) is 9.60 Å². The van der Waals surface area contributed by atoms with Gasteiger partial charge in [-0.2, -0.15) is 13.3 Å². The van der Waals surface area contributed by atoms with Gasteiger partial charge in [-0.3, -0.25) is 9.35 Å². The van der Waals surface area contributed by atoms with Crippen LogP contribution in [0.5, 0.6) is 0 Å². The molecule has 0 spiro atoms. The number of hydrogen-bond acceptors (Lipinski definition) is 8. The lowest BCUT2D eigenvalue weighted by molar-refractivity contribution is -1.05. The third-order valence-corrected chi connectivity index (χ3v) is 5.46. The van der Waals surface area contributed by atoms with Crippen LogP contribution in [-0.2, 0) is 29.1 Å². The Morgan fingerprint density at radius 3 is 2.74 bits per heavy atom. The molecule has 2 unspecified atom stereocenters. The lowest BCUT2D eigenvalue weighted by Gasteiger charge is -2.35. The molecule has 3 fully saturated rings. The molecule has 0 aliphatic carbocycles. The van der Waals surface area contributed by atoms with E-state index in [9.17, 15) is 18.0 Å². The second-order valence-corrected chi connectivity index (χ2v) is 7.92. The number of carbonyl (C=O) groups is 2. The molecule has 4 atom stereocenters. The first kappa shape index (κ1) is 20.4. The van der Waals surface area contributed by atoms with Gasteiger partial charge in [0.05, 0.1) is 12.7 Å². The van der Waals surface area contributed by atoms with Gasteiger partial charge in [-0.1, -0.05) is 4.65 Å². The Morgan fingerprint density at radius 2 is 2.11 bits per heavy atom. The van der Waals surface area contributed by atoms with Gasteiger partial charge in [0.2, 0.25) is 6.04 Å². The highest BCUT2D eigenvalue weighted by Gasteiger charge is 2.65. The first-order valence-electron chi connectivity index (χ1n) is 8.87. The quantitative estimate of drug-likeness (QED) is 0.251. The van der Waals surface area contributed by atoms with Crippen LogP contribution < -0.4 is 11.1 Å². The van der Waals surface area contributed by atoms with Crippen molar-refractivity contribution in [3.63, 3.8) is 0 Å². The topological polar surface area (TPSA) is 157 Å². The van der Waals surface area contributed by atoms with Crippen molar-refractivity contribution in [3.8, 4) is 0 Å². The van der Waals surface area contributed by atoms with E-state index in [0.717, 1.165) is 25.9 Å². The largest absolute Gasteiger partial charge is 0.477 e. The highest BCUT2D eigenvalue weighted by atomic mass is 32.3. The van der Waals surface area contributed by atoms with E-state index >= 15 is 0 Å². The van der Waals surface area contributed by atoms with Crippen molar-refractivity contribution in [2.45, 2.75) is 43.9 Å². The third-order valence-electron chi connectivity index (χ3n) is 5.12. The van der Waals surface area contributed by atoms with Crippen molar-refractivity contribution in [2.24, 2.45) is 5.73 Å². The van der Waals surface area contributed by atoms with Gasteiger partial charge in [0.1, 0.15) is 19.2 Å². The number of hydroxylamine groups is 5. The summed E-state index contributed by atoms with van der Waals surface area (Å²) < 4.78 is 40.3. The van der Waals surface area contributed by atoms with Crippen molar-refractivity contribution in [1.29, 1.82) is 0 Å². The molecule has 3 heterocycles. The smallest absolute Gasteiger partial charge is 0.374 e. The Morgan fingerprint density at radius 1 is 1.33 bits per heavy atom. The number of quaternary nitrogens is 1. The number of primary amides is 1. The first-order valence-corrected chi connectivity index (χ1v) is 10.2. The molecular weight excluding hydrogens is 384 g/mol. The Hall–Kier alpha value is -1.35. The summed E-state index contributed by atoms with van der Waals surface area (Å²) in [6.07, 6.45) is 2.51. The van der Waals surface area contributed by atoms with Crippen LogP contribution in [0.4, 0.5) is 4.79 Å². The minimum atomic E-state index is -4.89. The number of piperidine rings is 2. The number of nitrogens with zero attached hydrogens (tertiary/aromatic N) is 2. The van der Waals surface area contributed by atoms with E-state index in [1.54, 1.807) is 0 Å². The standard InChI is InChI=1S/C14H24N4O8S/c15-13(19)12-4-3-10-9-18(12,14(20)17(10)26-27(21,22)23)25-7-6-24-11-2-1-5-16-8-11/h10-12,16H,1-9H2,(H2-,15,19,21,22,23)/p+1/t10-,11?,12+,18?/m1/s1. The van der Waals surface area contributed by atoms with Gasteiger partial charge in [-0.15, -0.1) is 9.35 Å². The maximum absolute atomic E-state index is 12.8. The molecule has 0 radical (unpaired) electrons. The number of nitrogens with two attached hydrogens (primary N) is 1. The van der Waals surface area contributed by atoms with Crippen molar-refractivity contribution in [2.75, 3.05) is 32.8 Å². The summed E-state index contributed by atoms with van der Waals surface area (Å²) >= 11 is 0. The molecular formula is C14H25N4O8S+. The minimum absolute atomic E-state index is 0.00700. The van der Waals surface area contributed by atoms with Gasteiger partial charge >= 0.3 is 16.4 Å². The molecule has 4 N–H and O–H groups in total. The highest BCUT2D eigenvalue weighted by Crippen LogP contribution is 2.38. The van der Waals surface area contributed by atoms with Crippen molar-refractivity contribution in [3.05, 3.63) is 0 Å². The van der Waals surface area contributed by atoms with E-state index in [1.807, 2.05) is 0 Å². The number of amides is 3. The molecule has 3 saturated heterocycles. The van der Waals surface area contributed by atoms with Crippen LogP contribution in [-0.4, -0.2) is 85.7 Å². The summed E-state index contributed by atoms with van der Waals surface area (Å²) in [5, 5.41) is 3.78. The van der Waals surface area contributed by atoms with Gasteiger partial charge < -0.3 is 15.8 Å². The number of nitrogens with one attached hydrogen (secondary N) is 1. The fourth-order valence-electron chi connectivity index (χ4n) is 3.93. The lowest BCUT2D eigenvalue weighted by Crippen LogP contribution is -2.63. The predicted octanol–water partition coefficient (Wildman–Crippen LogP) is -1.31. The van der Waals surface area contributed by atoms with Gasteiger partial charge in [0, 0.05) is 13.0 Å². The van der Waals surface area contributed by atoms with E-state index in [4.69, 9.17) is 19.9 Å². The minimum Gasteiger partial charge on any atom is -0.374 e. The zero-order valence-corrected chi connectivity index (χ0v) is 15.6. The summed E-state index contributed by atoms with van der Waals surface area (Å²) in [6.45, 7) is 1.90. The van der Waals surface area contributed by atoms with E-state index < -0.39 is 39.1 Å². The number of rotatable bonds is 8. The Kier molecular flexibility index (Phi) is 6.00. The number of fused-ring (bicyclic) bond motifs is 2. The summed E-state index contributed by atoms with van der Waals surface area (Å²) in [6, 6.07) is -2.52. The Bertz CT molecular complexity index is 683. The Balaban J connectivity index is 1.67. The second-order valence-electron chi connectivity index (χ2n) is 6.91. The maximum atomic E-state index is 12.8. The lowest BCUT2D eigenvalue weighted by atomic mass is 10.00. The molecule has 27 heavy (non-hydrogen) atoms. The molecule has 3 rings (SSSR count). The summed E-state index contributed by atoms with van der Waals surface area (Å²) in [7, 11) is -4.89. The highest BCUT2D eigenvalue weighted by molar-refractivity contribution is 7.80. The number of urea groups is 1. The van der Waals surface area contributed by atoms with E-state index in [1.165, 1.54) is 0 Å². The Labute approximate surface area is 156 Å². The molecule has 12 nitrogen and oxygen atoms in total. The van der Waals surface area contributed by atoms with Gasteiger partial charge in [0.25, 0.3) is 5.91 Å².